The summed E-state index contributed by atoms with van der Waals surface area (Å²) in [7, 11) is 0. The number of amides is 2. The Morgan fingerprint density at radius 2 is 1.83 bits per heavy atom. The predicted molar refractivity (Wildman–Crippen MR) is 85.3 cm³/mol. The molecular weight excluding hydrogens is 320 g/mol. The number of hydrogen-bond donors (Lipinski definition) is 2. The number of ether oxygens (including phenoxy) is 1. The van der Waals surface area contributed by atoms with Crippen molar-refractivity contribution in [2.45, 2.75) is 26.9 Å². The molecular formula is C16H17ClN2O4. The second-order valence-corrected chi connectivity index (χ2v) is 5.42. The Bertz CT molecular complexity index is 709. The van der Waals surface area contributed by atoms with E-state index >= 15 is 0 Å². The lowest BCUT2D eigenvalue weighted by atomic mass is 10.2. The standard InChI is InChI=1S/C16H17ClN2O4/c1-9-8-14(10(2)22-9)16(21)19-18-15(20)11(3)23-13-6-4-12(17)5-7-13/h4-8,11H,1-3H3,(H,18,20)(H,19,21). The number of hydrogen-bond acceptors (Lipinski definition) is 4. The fourth-order valence-corrected chi connectivity index (χ4v) is 2.04. The SMILES string of the molecule is Cc1cc(C(=O)NNC(=O)C(C)Oc2ccc(Cl)cc2)c(C)o1. The van der Waals surface area contributed by atoms with Crippen molar-refractivity contribution >= 4 is 23.4 Å². The van der Waals surface area contributed by atoms with Crippen molar-refractivity contribution in [2.24, 2.45) is 0 Å². The highest BCUT2D eigenvalue weighted by Crippen LogP contribution is 2.17. The molecule has 1 aromatic heterocycles. The largest absolute Gasteiger partial charge is 0.481 e. The number of carbonyl (C=O) groups is 2. The molecule has 1 heterocycles. The van der Waals surface area contributed by atoms with Gasteiger partial charge in [0.2, 0.25) is 0 Å². The maximum atomic E-state index is 12.0. The number of rotatable bonds is 4. The molecule has 23 heavy (non-hydrogen) atoms. The van der Waals surface area contributed by atoms with Crippen LogP contribution in [-0.4, -0.2) is 17.9 Å². The van der Waals surface area contributed by atoms with Crippen molar-refractivity contribution in [3.63, 3.8) is 0 Å². The van der Waals surface area contributed by atoms with Crippen LogP contribution in [0.4, 0.5) is 0 Å². The van der Waals surface area contributed by atoms with Gasteiger partial charge in [-0.25, -0.2) is 0 Å². The molecule has 0 aliphatic carbocycles. The Morgan fingerprint density at radius 3 is 2.39 bits per heavy atom. The fraction of sp³-hybridized carbons (Fsp3) is 0.250. The van der Waals surface area contributed by atoms with Crippen LogP contribution >= 0.6 is 11.6 Å². The number of hydrazine groups is 1. The van der Waals surface area contributed by atoms with Gasteiger partial charge < -0.3 is 9.15 Å². The van der Waals surface area contributed by atoms with Crippen LogP contribution in [0.5, 0.6) is 5.75 Å². The van der Waals surface area contributed by atoms with Crippen LogP contribution in [0.2, 0.25) is 5.02 Å². The summed E-state index contributed by atoms with van der Waals surface area (Å²) < 4.78 is 10.7. The molecule has 1 atom stereocenters. The molecule has 1 unspecified atom stereocenters. The molecule has 122 valence electrons. The molecule has 0 radical (unpaired) electrons. The molecule has 1 aromatic carbocycles. The van der Waals surface area contributed by atoms with Crippen LogP contribution in [0.1, 0.15) is 28.8 Å². The Kier molecular flexibility index (Phi) is 5.28. The average Bonchev–Trinajstić information content (AvgIpc) is 2.85. The summed E-state index contributed by atoms with van der Waals surface area (Å²) in [6.45, 7) is 4.99. The highest BCUT2D eigenvalue weighted by Gasteiger charge is 2.18. The monoisotopic (exact) mass is 336 g/mol. The zero-order chi connectivity index (χ0) is 17.0. The molecule has 0 aliphatic heterocycles. The second kappa shape index (κ2) is 7.19. The van der Waals surface area contributed by atoms with Gasteiger partial charge in [-0.2, -0.15) is 0 Å². The Morgan fingerprint density at radius 1 is 1.17 bits per heavy atom. The molecule has 2 N–H and O–H groups in total. The maximum Gasteiger partial charge on any atom is 0.279 e. The number of nitrogens with one attached hydrogen (secondary N) is 2. The van der Waals surface area contributed by atoms with Crippen LogP contribution in [-0.2, 0) is 4.79 Å². The number of carbonyl (C=O) groups excluding carboxylic acids is 2. The molecule has 2 aromatic rings. The Balaban J connectivity index is 1.87. The number of furan rings is 1. The summed E-state index contributed by atoms with van der Waals surface area (Å²) in [5.74, 6) is 0.681. The first-order valence-corrected chi connectivity index (χ1v) is 7.34. The van der Waals surface area contributed by atoms with Crippen molar-refractivity contribution in [2.75, 3.05) is 0 Å². The predicted octanol–water partition coefficient (Wildman–Crippen LogP) is 2.78. The molecule has 7 heteroatoms. The normalized spacial score (nSPS) is 11.7. The fourth-order valence-electron chi connectivity index (χ4n) is 1.91. The molecule has 0 saturated carbocycles. The van der Waals surface area contributed by atoms with E-state index in [-0.39, 0.29) is 0 Å². The quantitative estimate of drug-likeness (QED) is 0.841. The first-order chi connectivity index (χ1) is 10.9. The van der Waals surface area contributed by atoms with E-state index in [1.165, 1.54) is 0 Å². The Labute approximate surface area is 138 Å². The minimum atomic E-state index is -0.788. The van der Waals surface area contributed by atoms with E-state index in [2.05, 4.69) is 10.9 Å². The van der Waals surface area contributed by atoms with E-state index in [1.807, 2.05) is 0 Å². The lowest BCUT2D eigenvalue weighted by molar-refractivity contribution is -0.128. The molecule has 2 amide bonds. The van der Waals surface area contributed by atoms with Crippen LogP contribution in [0.15, 0.2) is 34.7 Å². The first kappa shape index (κ1) is 16.9. The molecule has 2 rings (SSSR count). The molecule has 0 fully saturated rings. The van der Waals surface area contributed by atoms with Gasteiger partial charge in [0.1, 0.15) is 17.3 Å². The van der Waals surface area contributed by atoms with E-state index in [0.717, 1.165) is 0 Å². The number of benzene rings is 1. The summed E-state index contributed by atoms with van der Waals surface area (Å²) >= 11 is 5.78. The first-order valence-electron chi connectivity index (χ1n) is 6.96. The molecule has 6 nitrogen and oxygen atoms in total. The maximum absolute atomic E-state index is 12.0. The molecule has 0 bridgehead atoms. The lowest BCUT2D eigenvalue weighted by Gasteiger charge is -2.15. The van der Waals surface area contributed by atoms with E-state index in [0.29, 0.717) is 27.9 Å². The van der Waals surface area contributed by atoms with Gasteiger partial charge in [0.25, 0.3) is 11.8 Å². The van der Waals surface area contributed by atoms with Gasteiger partial charge in [-0.05, 0) is 51.1 Å². The third kappa shape index (κ3) is 4.50. The van der Waals surface area contributed by atoms with Crippen LogP contribution in [0, 0.1) is 13.8 Å². The van der Waals surface area contributed by atoms with Gasteiger partial charge in [0.15, 0.2) is 6.10 Å². The van der Waals surface area contributed by atoms with Crippen LogP contribution in [0.25, 0.3) is 0 Å². The molecule has 0 aliphatic rings. The summed E-state index contributed by atoms with van der Waals surface area (Å²) in [6.07, 6.45) is -0.788. The van der Waals surface area contributed by atoms with E-state index in [9.17, 15) is 9.59 Å². The van der Waals surface area contributed by atoms with Gasteiger partial charge in [0.05, 0.1) is 5.56 Å². The zero-order valence-electron chi connectivity index (χ0n) is 13.0. The summed E-state index contributed by atoms with van der Waals surface area (Å²) in [4.78, 5) is 23.9. The second-order valence-electron chi connectivity index (χ2n) is 4.98. The minimum absolute atomic E-state index is 0.370. The number of aryl methyl sites for hydroxylation is 2. The van der Waals surface area contributed by atoms with E-state index < -0.39 is 17.9 Å². The zero-order valence-corrected chi connectivity index (χ0v) is 13.7. The van der Waals surface area contributed by atoms with Crippen molar-refractivity contribution in [1.29, 1.82) is 0 Å². The van der Waals surface area contributed by atoms with Gasteiger partial charge in [-0.15, -0.1) is 0 Å². The van der Waals surface area contributed by atoms with Crippen molar-refractivity contribution in [3.05, 3.63) is 52.4 Å². The van der Waals surface area contributed by atoms with Gasteiger partial charge in [0, 0.05) is 5.02 Å². The average molecular weight is 337 g/mol. The van der Waals surface area contributed by atoms with Gasteiger partial charge in [-0.1, -0.05) is 11.6 Å². The highest BCUT2D eigenvalue weighted by atomic mass is 35.5. The van der Waals surface area contributed by atoms with Gasteiger partial charge in [-0.3, -0.25) is 20.4 Å². The van der Waals surface area contributed by atoms with E-state index in [4.69, 9.17) is 20.8 Å². The number of halogens is 1. The molecule has 0 spiro atoms. The van der Waals surface area contributed by atoms with Crippen molar-refractivity contribution in [1.82, 2.24) is 10.9 Å². The lowest BCUT2D eigenvalue weighted by Crippen LogP contribution is -2.47. The highest BCUT2D eigenvalue weighted by molar-refractivity contribution is 6.30. The summed E-state index contributed by atoms with van der Waals surface area (Å²) in [5.41, 5.74) is 5.02. The van der Waals surface area contributed by atoms with Crippen molar-refractivity contribution in [3.8, 4) is 5.75 Å². The van der Waals surface area contributed by atoms with Crippen LogP contribution in [0.3, 0.4) is 0 Å². The summed E-state index contributed by atoms with van der Waals surface area (Å²) in [5, 5.41) is 0.576. The topological polar surface area (TPSA) is 80.6 Å². The summed E-state index contributed by atoms with van der Waals surface area (Å²) in [6, 6.07) is 8.23. The Hall–Kier alpha value is -2.47. The van der Waals surface area contributed by atoms with Crippen LogP contribution < -0.4 is 15.6 Å². The van der Waals surface area contributed by atoms with E-state index in [1.54, 1.807) is 51.1 Å². The van der Waals surface area contributed by atoms with Crippen molar-refractivity contribution < 1.29 is 18.7 Å². The van der Waals surface area contributed by atoms with Gasteiger partial charge >= 0.3 is 0 Å². The third-order valence-electron chi connectivity index (χ3n) is 3.08. The molecule has 0 saturated heterocycles. The smallest absolute Gasteiger partial charge is 0.279 e. The minimum Gasteiger partial charge on any atom is -0.481 e. The third-order valence-corrected chi connectivity index (χ3v) is 3.33.